The van der Waals surface area contributed by atoms with Crippen LogP contribution in [-0.2, 0) is 7.05 Å². The van der Waals surface area contributed by atoms with Crippen LogP contribution in [0.5, 0.6) is 0 Å². The number of hydrogen-bond acceptors (Lipinski definition) is 4. The fourth-order valence-corrected chi connectivity index (χ4v) is 3.90. The summed E-state index contributed by atoms with van der Waals surface area (Å²) in [6, 6.07) is 11.8. The van der Waals surface area contributed by atoms with Gasteiger partial charge in [0.05, 0.1) is 5.69 Å². The summed E-state index contributed by atoms with van der Waals surface area (Å²) in [7, 11) is 1.71. The number of hydrogen-bond donors (Lipinski definition) is 2. The Labute approximate surface area is 161 Å². The number of rotatable bonds is 8. The fourth-order valence-electron chi connectivity index (χ4n) is 3.00. The van der Waals surface area contributed by atoms with Crippen molar-refractivity contribution in [3.05, 3.63) is 64.2 Å². The van der Waals surface area contributed by atoms with Gasteiger partial charge in [0.25, 0.3) is 5.91 Å². The monoisotopic (exact) mass is 387 g/mol. The van der Waals surface area contributed by atoms with Gasteiger partial charge in [-0.2, -0.15) is 5.10 Å². The number of halogens is 1. The molecule has 0 radical (unpaired) electrons. The van der Waals surface area contributed by atoms with E-state index in [1.165, 1.54) is 21.7 Å². The lowest BCUT2D eigenvalue weighted by molar-refractivity contribution is 0.0943. The van der Waals surface area contributed by atoms with Gasteiger partial charge in [-0.05, 0) is 60.5 Å². The van der Waals surface area contributed by atoms with Crippen molar-refractivity contribution in [2.24, 2.45) is 7.05 Å². The first-order valence-electron chi connectivity index (χ1n) is 8.81. The number of carbonyl (C=O) groups excluding carboxylic acids is 1. The highest BCUT2D eigenvalue weighted by Gasteiger charge is 2.16. The lowest BCUT2D eigenvalue weighted by atomic mass is 10.00. The van der Waals surface area contributed by atoms with E-state index in [9.17, 15) is 14.3 Å². The van der Waals surface area contributed by atoms with Gasteiger partial charge in [0.2, 0.25) is 0 Å². The van der Waals surface area contributed by atoms with Gasteiger partial charge in [-0.25, -0.2) is 4.39 Å². The molecule has 2 aromatic heterocycles. The summed E-state index contributed by atoms with van der Waals surface area (Å²) in [6.45, 7) is 0.637. The van der Waals surface area contributed by atoms with Crippen molar-refractivity contribution in [3.8, 4) is 11.3 Å². The molecule has 5 nitrogen and oxygen atoms in total. The van der Waals surface area contributed by atoms with Crippen LogP contribution in [0.1, 0.15) is 34.1 Å². The zero-order valence-corrected chi connectivity index (χ0v) is 15.9. The minimum atomic E-state index is -0.309. The van der Waals surface area contributed by atoms with Crippen LogP contribution in [0, 0.1) is 5.82 Å². The second-order valence-corrected chi connectivity index (χ2v) is 7.29. The minimum absolute atomic E-state index is 0.124. The third kappa shape index (κ3) is 4.81. The lowest BCUT2D eigenvalue weighted by Crippen LogP contribution is -2.27. The largest absolute Gasteiger partial charge is 0.396 e. The Morgan fingerprint density at radius 3 is 2.74 bits per heavy atom. The van der Waals surface area contributed by atoms with Gasteiger partial charge in [0.15, 0.2) is 0 Å². The Bertz CT molecular complexity index is 875. The molecule has 142 valence electrons. The summed E-state index contributed by atoms with van der Waals surface area (Å²) in [5.41, 5.74) is 1.83. The van der Waals surface area contributed by atoms with Crippen LogP contribution in [0.15, 0.2) is 47.8 Å². The number of nitrogens with zero attached hydrogens (tertiary/aromatic N) is 2. The number of thiophene rings is 1. The van der Waals surface area contributed by atoms with E-state index in [0.29, 0.717) is 24.4 Å². The summed E-state index contributed by atoms with van der Waals surface area (Å²) in [5, 5.41) is 18.6. The van der Waals surface area contributed by atoms with E-state index < -0.39 is 0 Å². The van der Waals surface area contributed by atoms with E-state index in [-0.39, 0.29) is 24.2 Å². The van der Waals surface area contributed by atoms with Crippen LogP contribution in [0.4, 0.5) is 4.39 Å². The summed E-state index contributed by atoms with van der Waals surface area (Å²) in [6.07, 6.45) is 1.44. The van der Waals surface area contributed by atoms with E-state index in [1.807, 2.05) is 11.4 Å². The van der Waals surface area contributed by atoms with Crippen molar-refractivity contribution in [1.82, 2.24) is 15.1 Å². The topological polar surface area (TPSA) is 67.2 Å². The summed E-state index contributed by atoms with van der Waals surface area (Å²) < 4.78 is 14.6. The van der Waals surface area contributed by atoms with Crippen molar-refractivity contribution < 1.29 is 14.3 Å². The molecule has 0 unspecified atom stereocenters. The second kappa shape index (κ2) is 8.92. The number of aliphatic hydroxyl groups is 1. The van der Waals surface area contributed by atoms with Crippen molar-refractivity contribution in [3.63, 3.8) is 0 Å². The predicted octanol–water partition coefficient (Wildman–Crippen LogP) is 3.57. The Balaban J connectivity index is 1.62. The first-order valence-corrected chi connectivity index (χ1v) is 9.69. The fraction of sp³-hybridized carbons (Fsp3) is 0.300. The molecule has 1 aromatic carbocycles. The number of nitrogens with one attached hydrogen (secondary N) is 1. The zero-order chi connectivity index (χ0) is 19.2. The maximum Gasteiger partial charge on any atom is 0.269 e. The number of amides is 1. The molecule has 0 aliphatic rings. The SMILES string of the molecule is Cn1nc(-c2ccc(F)cc2)cc1C(=O)NCC[C@H](CCO)c1cccs1. The van der Waals surface area contributed by atoms with E-state index >= 15 is 0 Å². The lowest BCUT2D eigenvalue weighted by Gasteiger charge is -2.14. The predicted molar refractivity (Wildman–Crippen MR) is 104 cm³/mol. The van der Waals surface area contributed by atoms with E-state index in [0.717, 1.165) is 12.0 Å². The first kappa shape index (κ1) is 19.3. The molecule has 7 heteroatoms. The van der Waals surface area contributed by atoms with Crippen LogP contribution in [0.2, 0.25) is 0 Å². The van der Waals surface area contributed by atoms with Gasteiger partial charge in [0.1, 0.15) is 11.5 Å². The molecule has 2 N–H and O–H groups in total. The molecule has 2 heterocycles. The van der Waals surface area contributed by atoms with Crippen LogP contribution < -0.4 is 5.32 Å². The quantitative estimate of drug-likeness (QED) is 0.621. The summed E-state index contributed by atoms with van der Waals surface area (Å²) >= 11 is 1.67. The smallest absolute Gasteiger partial charge is 0.269 e. The summed E-state index contributed by atoms with van der Waals surface area (Å²) in [5.74, 6) is -0.278. The zero-order valence-electron chi connectivity index (χ0n) is 15.1. The molecular weight excluding hydrogens is 365 g/mol. The van der Waals surface area contributed by atoms with Gasteiger partial charge in [-0.3, -0.25) is 9.48 Å². The molecule has 3 aromatic rings. The molecule has 0 saturated heterocycles. The average Bonchev–Trinajstić information content (AvgIpc) is 3.31. The third-order valence-electron chi connectivity index (χ3n) is 4.45. The Hall–Kier alpha value is -2.51. The van der Waals surface area contributed by atoms with Crippen LogP contribution >= 0.6 is 11.3 Å². The van der Waals surface area contributed by atoms with Gasteiger partial charge < -0.3 is 10.4 Å². The Morgan fingerprint density at radius 2 is 2.07 bits per heavy atom. The van der Waals surface area contributed by atoms with Crippen LogP contribution in [0.3, 0.4) is 0 Å². The standard InChI is InChI=1S/C20H22FN3O2S/c1-24-18(13-17(23-24)14-4-6-16(21)7-5-14)20(26)22-10-8-15(9-11-25)19-3-2-12-27-19/h2-7,12-13,15,25H,8-11H2,1H3,(H,22,26)/t15-/m1/s1. The van der Waals surface area contributed by atoms with Gasteiger partial charge in [-0.15, -0.1) is 11.3 Å². The van der Waals surface area contributed by atoms with Crippen molar-refractivity contribution in [2.45, 2.75) is 18.8 Å². The highest BCUT2D eigenvalue weighted by Crippen LogP contribution is 2.27. The first-order chi connectivity index (χ1) is 13.1. The summed E-state index contributed by atoms with van der Waals surface area (Å²) in [4.78, 5) is 13.7. The number of benzene rings is 1. The number of carbonyl (C=O) groups is 1. The molecule has 0 bridgehead atoms. The number of aromatic nitrogens is 2. The minimum Gasteiger partial charge on any atom is -0.396 e. The van der Waals surface area contributed by atoms with Crippen molar-refractivity contribution in [1.29, 1.82) is 0 Å². The maximum atomic E-state index is 13.1. The molecule has 0 fully saturated rings. The second-order valence-electron chi connectivity index (χ2n) is 6.31. The molecule has 0 aliphatic carbocycles. The molecule has 1 atom stereocenters. The molecule has 0 saturated carbocycles. The van der Waals surface area contributed by atoms with Crippen molar-refractivity contribution >= 4 is 17.2 Å². The molecule has 3 rings (SSSR count). The molecule has 0 spiro atoms. The molecule has 1 amide bonds. The van der Waals surface area contributed by atoms with Gasteiger partial charge in [-0.1, -0.05) is 6.07 Å². The number of aliphatic hydroxyl groups excluding tert-OH is 1. The van der Waals surface area contributed by atoms with Gasteiger partial charge >= 0.3 is 0 Å². The molecular formula is C20H22FN3O2S. The van der Waals surface area contributed by atoms with Gasteiger partial charge in [0, 0.05) is 30.6 Å². The third-order valence-corrected chi connectivity index (χ3v) is 5.49. The van der Waals surface area contributed by atoms with Crippen molar-refractivity contribution in [2.75, 3.05) is 13.2 Å². The van der Waals surface area contributed by atoms with E-state index in [1.54, 1.807) is 36.6 Å². The molecule has 27 heavy (non-hydrogen) atoms. The highest BCUT2D eigenvalue weighted by atomic mass is 32.1. The highest BCUT2D eigenvalue weighted by molar-refractivity contribution is 7.10. The van der Waals surface area contributed by atoms with Crippen LogP contribution in [-0.4, -0.2) is 33.9 Å². The molecule has 0 aliphatic heterocycles. The van der Waals surface area contributed by atoms with E-state index in [4.69, 9.17) is 0 Å². The maximum absolute atomic E-state index is 13.1. The normalized spacial score (nSPS) is 12.1. The number of aryl methyl sites for hydroxylation is 1. The van der Waals surface area contributed by atoms with Crippen LogP contribution in [0.25, 0.3) is 11.3 Å². The Kier molecular flexibility index (Phi) is 6.36. The van der Waals surface area contributed by atoms with E-state index in [2.05, 4.69) is 16.5 Å². The Morgan fingerprint density at radius 1 is 1.30 bits per heavy atom. The average molecular weight is 387 g/mol.